The molecule has 2 aromatic rings. The van der Waals surface area contributed by atoms with Crippen LogP contribution in [-0.2, 0) is 0 Å². The Morgan fingerprint density at radius 1 is 1.25 bits per heavy atom. The van der Waals surface area contributed by atoms with Crippen molar-refractivity contribution in [2.45, 2.75) is 0 Å². The molecule has 16 heavy (non-hydrogen) atoms. The second-order valence-electron chi connectivity index (χ2n) is 3.14. The monoisotopic (exact) mass is 217 g/mol. The van der Waals surface area contributed by atoms with E-state index < -0.39 is 11.8 Å². The number of carbonyl (C=O) groups excluding carboxylic acids is 1. The van der Waals surface area contributed by atoms with Crippen LogP contribution in [-0.4, -0.2) is 10.7 Å². The summed E-state index contributed by atoms with van der Waals surface area (Å²) in [6.07, 6.45) is 2.03. The Labute approximate surface area is 89.1 Å². The van der Waals surface area contributed by atoms with Gasteiger partial charge < -0.3 is 9.15 Å². The molecule has 0 N–H and O–H groups in total. The Bertz CT molecular complexity index is 626. The molecule has 0 fully saturated rings. The maximum absolute atomic E-state index is 11.3. The largest absolute Gasteiger partial charge is 0.439 e. The zero-order valence-corrected chi connectivity index (χ0v) is 7.91. The van der Waals surface area contributed by atoms with Crippen LogP contribution >= 0.6 is 0 Å². The van der Waals surface area contributed by atoms with Crippen molar-refractivity contribution in [2.24, 2.45) is 0 Å². The fraction of sp³-hybridized carbons (Fsp3) is 0. The molecule has 1 aliphatic rings. The Kier molecular flexibility index (Phi) is 1.64. The molecule has 1 amide bonds. The molecular weight excluding hydrogens is 212 g/mol. The van der Waals surface area contributed by atoms with E-state index in [0.717, 1.165) is 0 Å². The first-order chi connectivity index (χ1) is 7.75. The number of carbonyl (C=O) groups is 1. The van der Waals surface area contributed by atoms with Gasteiger partial charge in [0.15, 0.2) is 5.75 Å². The van der Waals surface area contributed by atoms with Crippen LogP contribution in [0.15, 0.2) is 39.9 Å². The lowest BCUT2D eigenvalue weighted by Gasteiger charge is -2.03. The lowest BCUT2D eigenvalue weighted by Crippen LogP contribution is -2.12. The van der Waals surface area contributed by atoms with Gasteiger partial charge in [0.1, 0.15) is 12.0 Å². The van der Waals surface area contributed by atoms with E-state index >= 15 is 0 Å². The van der Waals surface area contributed by atoms with E-state index in [0.29, 0.717) is 11.4 Å². The molecule has 1 aliphatic heterocycles. The number of oxazole rings is 1. The first kappa shape index (κ1) is 8.78. The van der Waals surface area contributed by atoms with Crippen LogP contribution < -0.4 is 15.8 Å². The van der Waals surface area contributed by atoms with Crippen LogP contribution in [0, 0.1) is 0 Å². The van der Waals surface area contributed by atoms with Crippen molar-refractivity contribution in [2.75, 3.05) is 0 Å². The fourth-order valence-corrected chi connectivity index (χ4v) is 1.55. The average Bonchev–Trinajstić information content (AvgIpc) is 2.82. The van der Waals surface area contributed by atoms with Gasteiger partial charge in [-0.05, 0) is 12.1 Å². The van der Waals surface area contributed by atoms with Crippen LogP contribution in [0.2, 0.25) is 0 Å². The van der Waals surface area contributed by atoms with E-state index in [4.69, 9.17) is 4.74 Å². The predicted octanol–water partition coefficient (Wildman–Crippen LogP) is 1.18. The summed E-state index contributed by atoms with van der Waals surface area (Å²) in [5.74, 6) is -0.271. The minimum absolute atomic E-state index is 0.274. The van der Waals surface area contributed by atoms with Crippen LogP contribution in [0.1, 0.15) is 0 Å². The zero-order valence-electron chi connectivity index (χ0n) is 7.91. The SMILES string of the molecule is O=C1[N]c2cccc(-n3ccoc3=O)c2O1. The highest BCUT2D eigenvalue weighted by Gasteiger charge is 2.25. The molecule has 0 atom stereocenters. The Hall–Kier alpha value is -2.50. The minimum Gasteiger partial charge on any atom is -0.416 e. The smallest absolute Gasteiger partial charge is 0.416 e. The third-order valence-electron chi connectivity index (χ3n) is 2.21. The van der Waals surface area contributed by atoms with Crippen molar-refractivity contribution in [1.29, 1.82) is 0 Å². The maximum Gasteiger partial charge on any atom is 0.439 e. The molecule has 0 bridgehead atoms. The van der Waals surface area contributed by atoms with Crippen molar-refractivity contribution in [1.82, 2.24) is 9.88 Å². The first-order valence-electron chi connectivity index (χ1n) is 4.49. The normalized spacial score (nSPS) is 13.1. The van der Waals surface area contributed by atoms with Crippen molar-refractivity contribution < 1.29 is 13.9 Å². The number of fused-ring (bicyclic) bond motifs is 1. The molecule has 0 unspecified atom stereocenters. The topological polar surface area (TPSA) is 75.5 Å². The molecule has 1 radical (unpaired) electrons. The highest BCUT2D eigenvalue weighted by atomic mass is 16.6. The highest BCUT2D eigenvalue weighted by Crippen LogP contribution is 2.35. The van der Waals surface area contributed by atoms with E-state index in [1.807, 2.05) is 0 Å². The van der Waals surface area contributed by atoms with Gasteiger partial charge in [-0.1, -0.05) is 6.07 Å². The van der Waals surface area contributed by atoms with Crippen LogP contribution in [0.25, 0.3) is 5.69 Å². The van der Waals surface area contributed by atoms with Gasteiger partial charge in [0, 0.05) is 0 Å². The van der Waals surface area contributed by atoms with E-state index in [-0.39, 0.29) is 5.75 Å². The number of hydrogen-bond donors (Lipinski definition) is 0. The summed E-state index contributed by atoms with van der Waals surface area (Å²) in [5.41, 5.74) is 0.849. The third-order valence-corrected chi connectivity index (χ3v) is 2.21. The van der Waals surface area contributed by atoms with Crippen molar-refractivity contribution in [3.05, 3.63) is 41.2 Å². The lowest BCUT2D eigenvalue weighted by atomic mass is 10.2. The molecule has 1 aromatic carbocycles. The van der Waals surface area contributed by atoms with Gasteiger partial charge in [-0.2, -0.15) is 5.32 Å². The lowest BCUT2D eigenvalue weighted by molar-refractivity contribution is 0.211. The molecule has 1 aromatic heterocycles. The standard InChI is InChI=1S/C10H5N2O4/c13-9-11-6-2-1-3-7(8(6)16-9)12-4-5-15-10(12)14/h1-5H. The molecule has 2 heterocycles. The van der Waals surface area contributed by atoms with Gasteiger partial charge in [-0.15, -0.1) is 0 Å². The second kappa shape index (κ2) is 2.99. The molecular formula is C10H5N2O4. The van der Waals surface area contributed by atoms with E-state index in [1.165, 1.54) is 17.0 Å². The maximum atomic E-state index is 11.3. The summed E-state index contributed by atoms with van der Waals surface area (Å²) in [6, 6.07) is 4.96. The average molecular weight is 217 g/mol. The third kappa shape index (κ3) is 1.13. The Morgan fingerprint density at radius 3 is 2.88 bits per heavy atom. The van der Waals surface area contributed by atoms with Crippen LogP contribution in [0.5, 0.6) is 5.75 Å². The number of para-hydroxylation sites is 1. The molecule has 79 valence electrons. The van der Waals surface area contributed by atoms with E-state index in [2.05, 4.69) is 9.73 Å². The number of nitrogens with zero attached hydrogens (tertiary/aromatic N) is 2. The van der Waals surface area contributed by atoms with E-state index in [1.54, 1.807) is 18.2 Å². The van der Waals surface area contributed by atoms with Gasteiger partial charge in [-0.3, -0.25) is 0 Å². The Morgan fingerprint density at radius 2 is 2.12 bits per heavy atom. The van der Waals surface area contributed by atoms with E-state index in [9.17, 15) is 9.59 Å². The summed E-state index contributed by atoms with van der Waals surface area (Å²) in [6.45, 7) is 0. The second-order valence-corrected chi connectivity index (χ2v) is 3.14. The fourth-order valence-electron chi connectivity index (χ4n) is 1.55. The number of benzene rings is 1. The van der Waals surface area contributed by atoms with Gasteiger partial charge in [0.2, 0.25) is 0 Å². The summed E-state index contributed by atoms with van der Waals surface area (Å²) in [5, 5.41) is 3.65. The quantitative estimate of drug-likeness (QED) is 0.718. The van der Waals surface area contributed by atoms with Crippen LogP contribution in [0.4, 0.5) is 10.5 Å². The number of amides is 1. The van der Waals surface area contributed by atoms with Crippen molar-refractivity contribution in [3.63, 3.8) is 0 Å². The predicted molar refractivity (Wildman–Crippen MR) is 52.1 cm³/mol. The highest BCUT2D eigenvalue weighted by molar-refractivity contribution is 5.87. The molecule has 0 saturated heterocycles. The van der Waals surface area contributed by atoms with Gasteiger partial charge in [-0.25, -0.2) is 14.2 Å². The molecule has 0 spiro atoms. The summed E-state index contributed by atoms with van der Waals surface area (Å²) >= 11 is 0. The molecule has 6 heteroatoms. The number of aromatic nitrogens is 1. The van der Waals surface area contributed by atoms with Gasteiger partial charge >= 0.3 is 11.8 Å². The van der Waals surface area contributed by atoms with Gasteiger partial charge in [0.05, 0.1) is 11.9 Å². The summed E-state index contributed by atoms with van der Waals surface area (Å²) in [4.78, 5) is 22.3. The summed E-state index contributed by atoms with van der Waals surface area (Å²) < 4.78 is 10.8. The first-order valence-corrected chi connectivity index (χ1v) is 4.49. The van der Waals surface area contributed by atoms with Crippen molar-refractivity contribution >= 4 is 11.8 Å². The minimum atomic E-state index is -0.681. The van der Waals surface area contributed by atoms with Crippen LogP contribution in [0.3, 0.4) is 0 Å². The number of rotatable bonds is 1. The molecule has 3 rings (SSSR count). The van der Waals surface area contributed by atoms with Gasteiger partial charge in [0.25, 0.3) is 0 Å². The van der Waals surface area contributed by atoms with Crippen molar-refractivity contribution in [3.8, 4) is 11.4 Å². The summed E-state index contributed by atoms with van der Waals surface area (Å²) in [7, 11) is 0. The molecule has 6 nitrogen and oxygen atoms in total. The molecule has 0 aliphatic carbocycles. The number of ether oxygens (including phenoxy) is 1. The number of hydrogen-bond acceptors (Lipinski definition) is 4. The molecule has 0 saturated carbocycles. The Balaban J connectivity index is 2.25. The zero-order chi connectivity index (χ0) is 11.1.